The van der Waals surface area contributed by atoms with Crippen molar-refractivity contribution in [3.8, 4) is 11.1 Å². The Kier molecular flexibility index (Phi) is 8.88. The van der Waals surface area contributed by atoms with E-state index < -0.39 is 10.0 Å². The van der Waals surface area contributed by atoms with Crippen molar-refractivity contribution in [3.63, 3.8) is 0 Å². The molecule has 0 saturated carbocycles. The van der Waals surface area contributed by atoms with E-state index in [2.05, 4.69) is 45.9 Å². The number of nitrogens with two attached hydrogens (primary N) is 1. The second-order valence-corrected chi connectivity index (χ2v) is 10.8. The standard InChI is InChI=1S/C28H34N4O3S/c29-36(34,35)27-11-9-22(10-12-27)20-30-21-24-6-4-8-26(18-24)25-7-3-5-23(17-25)19-28(33)31-13-16-32-14-1-2-15-32/h3-12,17-18,30H,1-2,13-16,19-21H2,(H,31,33)(H2,29,34,35). The number of hydrogen-bond acceptors (Lipinski definition) is 5. The van der Waals surface area contributed by atoms with Crippen LogP contribution in [0.25, 0.3) is 11.1 Å². The van der Waals surface area contributed by atoms with E-state index >= 15 is 0 Å². The fourth-order valence-corrected chi connectivity index (χ4v) is 4.99. The van der Waals surface area contributed by atoms with Gasteiger partial charge in [0.05, 0.1) is 11.3 Å². The predicted molar refractivity (Wildman–Crippen MR) is 143 cm³/mol. The summed E-state index contributed by atoms with van der Waals surface area (Å²) in [7, 11) is -3.68. The van der Waals surface area contributed by atoms with Gasteiger partial charge in [-0.2, -0.15) is 0 Å². The predicted octanol–water partition coefficient (Wildman–Crippen LogP) is 3.05. The van der Waals surface area contributed by atoms with Crippen LogP contribution in [0.2, 0.25) is 0 Å². The molecule has 36 heavy (non-hydrogen) atoms. The van der Waals surface area contributed by atoms with E-state index in [0.717, 1.165) is 47.5 Å². The van der Waals surface area contributed by atoms with Gasteiger partial charge in [0.15, 0.2) is 0 Å². The smallest absolute Gasteiger partial charge is 0.238 e. The summed E-state index contributed by atoms with van der Waals surface area (Å²) in [6.45, 7) is 5.18. The Bertz CT molecular complexity index is 1270. The number of hydrogen-bond donors (Lipinski definition) is 3. The summed E-state index contributed by atoms with van der Waals surface area (Å²) in [5, 5.41) is 11.6. The van der Waals surface area contributed by atoms with E-state index in [4.69, 9.17) is 5.14 Å². The molecule has 4 rings (SSSR count). The lowest BCUT2D eigenvalue weighted by Gasteiger charge is -2.14. The zero-order valence-corrected chi connectivity index (χ0v) is 21.3. The first-order valence-electron chi connectivity index (χ1n) is 12.4. The number of primary sulfonamides is 1. The van der Waals surface area contributed by atoms with Crippen molar-refractivity contribution in [2.75, 3.05) is 26.2 Å². The number of rotatable bonds is 11. The molecule has 3 aromatic carbocycles. The van der Waals surface area contributed by atoms with Crippen LogP contribution < -0.4 is 15.8 Å². The first-order chi connectivity index (χ1) is 17.4. The van der Waals surface area contributed by atoms with Gasteiger partial charge in [0.2, 0.25) is 15.9 Å². The Hall–Kier alpha value is -3.04. The van der Waals surface area contributed by atoms with Gasteiger partial charge in [-0.25, -0.2) is 13.6 Å². The lowest BCUT2D eigenvalue weighted by Crippen LogP contribution is -2.34. The number of carbonyl (C=O) groups excluding carboxylic acids is 1. The van der Waals surface area contributed by atoms with Crippen molar-refractivity contribution in [3.05, 3.63) is 89.5 Å². The number of likely N-dealkylation sites (tertiary alicyclic amines) is 1. The van der Waals surface area contributed by atoms with Crippen LogP contribution in [0.4, 0.5) is 0 Å². The molecule has 1 amide bonds. The molecular weight excluding hydrogens is 472 g/mol. The van der Waals surface area contributed by atoms with Gasteiger partial charge in [-0.3, -0.25) is 4.79 Å². The summed E-state index contributed by atoms with van der Waals surface area (Å²) in [6.07, 6.45) is 2.89. The zero-order valence-electron chi connectivity index (χ0n) is 20.4. The third-order valence-corrected chi connectivity index (χ3v) is 7.34. The molecule has 1 heterocycles. The average molecular weight is 507 g/mol. The van der Waals surface area contributed by atoms with Gasteiger partial charge in [0.25, 0.3) is 0 Å². The highest BCUT2D eigenvalue weighted by Crippen LogP contribution is 2.22. The van der Waals surface area contributed by atoms with E-state index in [9.17, 15) is 13.2 Å². The Morgan fingerprint density at radius 1 is 0.833 bits per heavy atom. The first-order valence-corrected chi connectivity index (χ1v) is 13.9. The van der Waals surface area contributed by atoms with E-state index in [1.807, 2.05) is 18.2 Å². The molecule has 1 aliphatic heterocycles. The van der Waals surface area contributed by atoms with Crippen LogP contribution in [0.3, 0.4) is 0 Å². The normalized spacial score (nSPS) is 14.1. The van der Waals surface area contributed by atoms with Crippen LogP contribution in [-0.4, -0.2) is 45.4 Å². The van der Waals surface area contributed by atoms with E-state index in [0.29, 0.717) is 26.1 Å². The second kappa shape index (κ2) is 12.3. The zero-order chi connectivity index (χ0) is 25.4. The number of nitrogens with zero attached hydrogens (tertiary/aromatic N) is 1. The van der Waals surface area contributed by atoms with Crippen LogP contribution in [0, 0.1) is 0 Å². The average Bonchev–Trinajstić information content (AvgIpc) is 3.38. The summed E-state index contributed by atoms with van der Waals surface area (Å²) in [6, 6.07) is 23.0. The molecule has 1 aliphatic rings. The van der Waals surface area contributed by atoms with Crippen molar-refractivity contribution in [1.82, 2.24) is 15.5 Å². The van der Waals surface area contributed by atoms with Gasteiger partial charge in [0.1, 0.15) is 0 Å². The molecule has 0 spiro atoms. The van der Waals surface area contributed by atoms with Crippen molar-refractivity contribution in [2.24, 2.45) is 5.14 Å². The molecular formula is C28H34N4O3S. The van der Waals surface area contributed by atoms with Crippen LogP contribution in [0.1, 0.15) is 29.5 Å². The quantitative estimate of drug-likeness (QED) is 0.371. The van der Waals surface area contributed by atoms with Gasteiger partial charge in [-0.15, -0.1) is 0 Å². The highest BCUT2D eigenvalue weighted by Gasteiger charge is 2.12. The summed E-state index contributed by atoms with van der Waals surface area (Å²) in [5.41, 5.74) is 5.29. The molecule has 0 radical (unpaired) electrons. The summed E-state index contributed by atoms with van der Waals surface area (Å²) >= 11 is 0. The van der Waals surface area contributed by atoms with Gasteiger partial charge in [-0.1, -0.05) is 54.6 Å². The summed E-state index contributed by atoms with van der Waals surface area (Å²) in [4.78, 5) is 14.9. The molecule has 0 aliphatic carbocycles. The fraction of sp³-hybridized carbons (Fsp3) is 0.321. The van der Waals surface area contributed by atoms with Crippen LogP contribution >= 0.6 is 0 Å². The molecule has 0 aromatic heterocycles. The maximum Gasteiger partial charge on any atom is 0.238 e. The van der Waals surface area contributed by atoms with Crippen molar-refractivity contribution < 1.29 is 13.2 Å². The van der Waals surface area contributed by atoms with Gasteiger partial charge in [-0.05, 0) is 71.9 Å². The number of benzene rings is 3. The minimum Gasteiger partial charge on any atom is -0.355 e. The molecule has 0 bridgehead atoms. The molecule has 7 nitrogen and oxygen atoms in total. The van der Waals surface area contributed by atoms with E-state index in [1.54, 1.807) is 12.1 Å². The maximum absolute atomic E-state index is 12.4. The Balaban J connectivity index is 1.29. The first kappa shape index (κ1) is 26.0. The molecule has 0 atom stereocenters. The number of nitrogens with one attached hydrogen (secondary N) is 2. The Morgan fingerprint density at radius 3 is 2.11 bits per heavy atom. The number of sulfonamides is 1. The van der Waals surface area contributed by atoms with Gasteiger partial charge in [0, 0.05) is 26.2 Å². The van der Waals surface area contributed by atoms with E-state index in [-0.39, 0.29) is 10.8 Å². The van der Waals surface area contributed by atoms with Crippen LogP contribution in [0.15, 0.2) is 77.7 Å². The fourth-order valence-electron chi connectivity index (χ4n) is 4.48. The lowest BCUT2D eigenvalue weighted by atomic mass is 10.00. The van der Waals surface area contributed by atoms with Crippen LogP contribution in [0.5, 0.6) is 0 Å². The van der Waals surface area contributed by atoms with Crippen LogP contribution in [-0.2, 0) is 34.3 Å². The largest absolute Gasteiger partial charge is 0.355 e. The SMILES string of the molecule is NS(=O)(=O)c1ccc(CNCc2cccc(-c3cccc(CC(=O)NCCN4CCCC4)c3)c2)cc1. The van der Waals surface area contributed by atoms with Gasteiger partial charge >= 0.3 is 0 Å². The minimum atomic E-state index is -3.68. The third-order valence-electron chi connectivity index (χ3n) is 6.41. The minimum absolute atomic E-state index is 0.0568. The Labute approximate surface area is 213 Å². The second-order valence-electron chi connectivity index (χ2n) is 9.27. The molecule has 4 N–H and O–H groups in total. The topological polar surface area (TPSA) is 105 Å². The molecule has 8 heteroatoms. The highest BCUT2D eigenvalue weighted by molar-refractivity contribution is 7.89. The maximum atomic E-state index is 12.4. The van der Waals surface area contributed by atoms with Crippen molar-refractivity contribution >= 4 is 15.9 Å². The molecule has 0 unspecified atom stereocenters. The molecule has 3 aromatic rings. The van der Waals surface area contributed by atoms with E-state index in [1.165, 1.54) is 25.0 Å². The van der Waals surface area contributed by atoms with Gasteiger partial charge < -0.3 is 15.5 Å². The molecule has 1 saturated heterocycles. The Morgan fingerprint density at radius 2 is 1.44 bits per heavy atom. The number of carbonyl (C=O) groups is 1. The molecule has 1 fully saturated rings. The summed E-state index contributed by atoms with van der Waals surface area (Å²) < 4.78 is 22.8. The monoisotopic (exact) mass is 506 g/mol. The lowest BCUT2D eigenvalue weighted by molar-refractivity contribution is -0.120. The summed E-state index contributed by atoms with van der Waals surface area (Å²) in [5.74, 6) is 0.0568. The molecule has 190 valence electrons. The number of amides is 1. The van der Waals surface area contributed by atoms with Crippen molar-refractivity contribution in [1.29, 1.82) is 0 Å². The van der Waals surface area contributed by atoms with Crippen molar-refractivity contribution in [2.45, 2.75) is 37.2 Å². The highest BCUT2D eigenvalue weighted by atomic mass is 32.2. The third kappa shape index (κ3) is 7.73.